The Morgan fingerprint density at radius 1 is 0.935 bits per heavy atom. The highest BCUT2D eigenvalue weighted by atomic mass is 35.5. The number of methoxy groups -OCH3 is 1. The van der Waals surface area contributed by atoms with Gasteiger partial charge in [0.2, 0.25) is 0 Å². The molecule has 0 spiro atoms. The van der Waals surface area contributed by atoms with E-state index in [0.29, 0.717) is 12.6 Å². The van der Waals surface area contributed by atoms with E-state index in [4.69, 9.17) is 21.1 Å². The lowest BCUT2D eigenvalue weighted by atomic mass is 10.0. The van der Waals surface area contributed by atoms with E-state index in [1.807, 2.05) is 30.3 Å². The quantitative estimate of drug-likeness (QED) is 0.401. The molecular formula is C27H30ClNO2. The summed E-state index contributed by atoms with van der Waals surface area (Å²) >= 11 is 6.11. The van der Waals surface area contributed by atoms with Crippen LogP contribution in [0.5, 0.6) is 5.75 Å². The Labute approximate surface area is 190 Å². The van der Waals surface area contributed by atoms with Gasteiger partial charge in [0.25, 0.3) is 0 Å². The predicted octanol–water partition coefficient (Wildman–Crippen LogP) is 6.16. The van der Waals surface area contributed by atoms with Crippen LogP contribution in [0, 0.1) is 0 Å². The number of para-hydroxylation sites is 1. The number of hydrogen-bond donors (Lipinski definition) is 0. The first kappa shape index (κ1) is 21.9. The molecular weight excluding hydrogens is 406 g/mol. The molecule has 4 rings (SSSR count). The van der Waals surface area contributed by atoms with Gasteiger partial charge in [0.1, 0.15) is 11.9 Å². The van der Waals surface area contributed by atoms with Gasteiger partial charge in [-0.15, -0.1) is 0 Å². The molecule has 0 radical (unpaired) electrons. The molecule has 31 heavy (non-hydrogen) atoms. The van der Waals surface area contributed by atoms with Gasteiger partial charge in [-0.05, 0) is 60.7 Å². The van der Waals surface area contributed by atoms with Crippen molar-refractivity contribution in [2.75, 3.05) is 26.8 Å². The zero-order chi connectivity index (χ0) is 21.5. The maximum atomic E-state index is 6.56. The highest BCUT2D eigenvalue weighted by molar-refractivity contribution is 6.30. The van der Waals surface area contributed by atoms with Gasteiger partial charge in [0, 0.05) is 17.6 Å². The van der Waals surface area contributed by atoms with Crippen molar-refractivity contribution in [3.63, 3.8) is 0 Å². The third-order valence-electron chi connectivity index (χ3n) is 6.09. The van der Waals surface area contributed by atoms with E-state index in [0.717, 1.165) is 35.8 Å². The minimum absolute atomic E-state index is 0.0878. The summed E-state index contributed by atoms with van der Waals surface area (Å²) in [6.07, 6.45) is 3.29. The molecule has 1 aliphatic heterocycles. The first-order chi connectivity index (χ1) is 15.2. The molecule has 1 aliphatic rings. The van der Waals surface area contributed by atoms with Gasteiger partial charge in [-0.3, -0.25) is 4.90 Å². The molecule has 0 aliphatic carbocycles. The van der Waals surface area contributed by atoms with E-state index in [1.165, 1.54) is 24.0 Å². The van der Waals surface area contributed by atoms with Crippen LogP contribution < -0.4 is 4.74 Å². The van der Waals surface area contributed by atoms with Gasteiger partial charge in [0.05, 0.1) is 13.7 Å². The fraction of sp³-hybridized carbons (Fsp3) is 0.333. The number of ether oxygens (including phenoxy) is 2. The Bertz CT molecular complexity index is 945. The van der Waals surface area contributed by atoms with Crippen LogP contribution in [0.15, 0.2) is 78.9 Å². The van der Waals surface area contributed by atoms with E-state index < -0.39 is 0 Å². The summed E-state index contributed by atoms with van der Waals surface area (Å²) in [6, 6.07) is 27.2. The first-order valence-corrected chi connectivity index (χ1v) is 11.4. The van der Waals surface area contributed by atoms with Gasteiger partial charge in [0.15, 0.2) is 0 Å². The van der Waals surface area contributed by atoms with Crippen molar-refractivity contribution in [3.8, 4) is 5.75 Å². The molecule has 1 heterocycles. The molecule has 0 bridgehead atoms. The fourth-order valence-corrected chi connectivity index (χ4v) is 4.54. The molecule has 1 fully saturated rings. The van der Waals surface area contributed by atoms with Crippen LogP contribution in [0.25, 0.3) is 0 Å². The maximum absolute atomic E-state index is 6.56. The zero-order valence-corrected chi connectivity index (χ0v) is 18.8. The molecule has 2 atom stereocenters. The Hall–Kier alpha value is -2.33. The van der Waals surface area contributed by atoms with Crippen LogP contribution in [-0.4, -0.2) is 37.7 Å². The van der Waals surface area contributed by atoms with Gasteiger partial charge in [-0.2, -0.15) is 0 Å². The van der Waals surface area contributed by atoms with Crippen molar-refractivity contribution < 1.29 is 9.47 Å². The van der Waals surface area contributed by atoms with E-state index >= 15 is 0 Å². The van der Waals surface area contributed by atoms with E-state index in [1.54, 1.807) is 7.11 Å². The standard InChI is InChI=1S/C27H30ClNO2/c1-30-26-12-6-5-8-21(26)17-19-29-18-7-11-25(29)20-31-27(22-9-3-2-4-10-22)23-13-15-24(28)16-14-23/h2-6,8-10,12-16,25,27H,7,11,17-20H2,1H3/t25-,27?/m0/s1. The van der Waals surface area contributed by atoms with Crippen molar-refractivity contribution in [2.24, 2.45) is 0 Å². The normalized spacial score (nSPS) is 17.5. The Kier molecular flexibility index (Phi) is 7.63. The molecule has 162 valence electrons. The van der Waals surface area contributed by atoms with Crippen LogP contribution in [-0.2, 0) is 11.2 Å². The van der Waals surface area contributed by atoms with Gasteiger partial charge in [-0.1, -0.05) is 72.3 Å². The average Bonchev–Trinajstić information content (AvgIpc) is 3.27. The van der Waals surface area contributed by atoms with Crippen molar-refractivity contribution in [2.45, 2.75) is 31.4 Å². The smallest absolute Gasteiger partial charge is 0.122 e. The van der Waals surface area contributed by atoms with Gasteiger partial charge in [-0.25, -0.2) is 0 Å². The number of halogens is 1. The summed E-state index contributed by atoms with van der Waals surface area (Å²) in [4.78, 5) is 2.57. The molecule has 0 aromatic heterocycles. The Morgan fingerprint density at radius 2 is 1.65 bits per heavy atom. The summed E-state index contributed by atoms with van der Waals surface area (Å²) < 4.78 is 12.1. The summed E-state index contributed by atoms with van der Waals surface area (Å²) in [5.41, 5.74) is 3.57. The minimum Gasteiger partial charge on any atom is -0.496 e. The van der Waals surface area contributed by atoms with E-state index in [-0.39, 0.29) is 6.10 Å². The van der Waals surface area contributed by atoms with Crippen LogP contribution in [0.3, 0.4) is 0 Å². The SMILES string of the molecule is COc1ccccc1CCN1CCC[C@H]1COC(c1ccccc1)c1ccc(Cl)cc1. The summed E-state index contributed by atoms with van der Waals surface area (Å²) in [6.45, 7) is 2.86. The van der Waals surface area contributed by atoms with Crippen molar-refractivity contribution >= 4 is 11.6 Å². The van der Waals surface area contributed by atoms with E-state index in [9.17, 15) is 0 Å². The molecule has 1 saturated heterocycles. The third kappa shape index (κ3) is 5.68. The number of hydrogen-bond acceptors (Lipinski definition) is 3. The second-order valence-electron chi connectivity index (χ2n) is 8.07. The second-order valence-corrected chi connectivity index (χ2v) is 8.51. The maximum Gasteiger partial charge on any atom is 0.122 e. The number of likely N-dealkylation sites (tertiary alicyclic amines) is 1. The highest BCUT2D eigenvalue weighted by Gasteiger charge is 2.26. The van der Waals surface area contributed by atoms with Crippen molar-refractivity contribution in [1.29, 1.82) is 0 Å². The van der Waals surface area contributed by atoms with E-state index in [2.05, 4.69) is 53.4 Å². The molecule has 0 saturated carbocycles. The third-order valence-corrected chi connectivity index (χ3v) is 6.34. The number of benzene rings is 3. The number of rotatable bonds is 9. The lowest BCUT2D eigenvalue weighted by Gasteiger charge is -2.27. The predicted molar refractivity (Wildman–Crippen MR) is 127 cm³/mol. The second kappa shape index (κ2) is 10.8. The first-order valence-electron chi connectivity index (χ1n) is 11.0. The minimum atomic E-state index is -0.0878. The molecule has 3 aromatic rings. The Balaban J connectivity index is 1.42. The van der Waals surface area contributed by atoms with Gasteiger partial charge >= 0.3 is 0 Å². The molecule has 3 aromatic carbocycles. The summed E-state index contributed by atoms with van der Waals surface area (Å²) in [7, 11) is 1.74. The Morgan fingerprint density at radius 3 is 2.42 bits per heavy atom. The molecule has 0 amide bonds. The number of nitrogens with zero attached hydrogens (tertiary/aromatic N) is 1. The largest absolute Gasteiger partial charge is 0.496 e. The van der Waals surface area contributed by atoms with Gasteiger partial charge < -0.3 is 9.47 Å². The zero-order valence-electron chi connectivity index (χ0n) is 18.0. The fourth-order valence-electron chi connectivity index (χ4n) is 4.41. The molecule has 0 N–H and O–H groups in total. The highest BCUT2D eigenvalue weighted by Crippen LogP contribution is 2.29. The van der Waals surface area contributed by atoms with Crippen molar-refractivity contribution in [3.05, 3.63) is 101 Å². The average molecular weight is 436 g/mol. The summed E-state index contributed by atoms with van der Waals surface area (Å²) in [5.74, 6) is 0.973. The molecule has 3 nitrogen and oxygen atoms in total. The molecule has 1 unspecified atom stereocenters. The lowest BCUT2D eigenvalue weighted by Crippen LogP contribution is -2.35. The monoisotopic (exact) mass is 435 g/mol. The van der Waals surface area contributed by atoms with Crippen LogP contribution >= 0.6 is 11.6 Å². The van der Waals surface area contributed by atoms with Crippen LogP contribution in [0.4, 0.5) is 0 Å². The van der Waals surface area contributed by atoms with Crippen LogP contribution in [0.1, 0.15) is 35.6 Å². The summed E-state index contributed by atoms with van der Waals surface area (Å²) in [5, 5.41) is 0.744. The molecule has 4 heteroatoms. The van der Waals surface area contributed by atoms with Crippen molar-refractivity contribution in [1.82, 2.24) is 4.90 Å². The lowest BCUT2D eigenvalue weighted by molar-refractivity contribution is 0.0381. The topological polar surface area (TPSA) is 21.7 Å². The van der Waals surface area contributed by atoms with Crippen LogP contribution in [0.2, 0.25) is 5.02 Å².